The highest BCUT2D eigenvalue weighted by Gasteiger charge is 2.53. The molecule has 7 heteroatoms. The number of benzene rings is 1. The van der Waals surface area contributed by atoms with Gasteiger partial charge < -0.3 is 10.2 Å². The van der Waals surface area contributed by atoms with Crippen LogP contribution < -0.4 is 5.32 Å². The molecule has 0 radical (unpaired) electrons. The van der Waals surface area contributed by atoms with E-state index in [9.17, 15) is 4.79 Å². The van der Waals surface area contributed by atoms with Gasteiger partial charge in [0.15, 0.2) is 0 Å². The lowest BCUT2D eigenvalue weighted by atomic mass is 9.57. The summed E-state index contributed by atoms with van der Waals surface area (Å²) < 4.78 is 1.68. The molecule has 2 aliphatic rings. The maximum absolute atomic E-state index is 12.5. The Morgan fingerprint density at radius 2 is 2.00 bits per heavy atom. The van der Waals surface area contributed by atoms with Crippen molar-refractivity contribution in [1.29, 1.82) is 0 Å². The van der Waals surface area contributed by atoms with Gasteiger partial charge in [0.2, 0.25) is 5.91 Å². The third-order valence-corrected chi connectivity index (χ3v) is 5.81. The number of likely N-dealkylation sites (tertiary alicyclic amines) is 1. The minimum absolute atomic E-state index is 0.0899. The fourth-order valence-corrected chi connectivity index (χ4v) is 4.60. The molecule has 1 N–H and O–H groups in total. The zero-order valence-electron chi connectivity index (χ0n) is 15.5. The molecule has 0 bridgehead atoms. The van der Waals surface area contributed by atoms with Gasteiger partial charge in [0, 0.05) is 43.2 Å². The number of aryl methyl sites for hydroxylation is 1. The standard InChI is InChI=1S/C20H22N6O/c1-25-11-20(12-25)7-16(8-20)19(27)22-18-6-15-5-13(3-4-14(15)9-21-18)17-10-26(2)24-23-17/h3-6,9-10,16H,7-8,11-12H2,1-2H3,(H,21,22,27). The lowest BCUT2D eigenvalue weighted by Crippen LogP contribution is -2.62. The molecular formula is C20H22N6O. The Labute approximate surface area is 157 Å². The first-order valence-corrected chi connectivity index (χ1v) is 9.26. The van der Waals surface area contributed by atoms with Gasteiger partial charge in [-0.3, -0.25) is 9.48 Å². The van der Waals surface area contributed by atoms with Crippen LogP contribution >= 0.6 is 0 Å². The number of carbonyl (C=O) groups excluding carboxylic acids is 1. The van der Waals surface area contributed by atoms with Crippen LogP contribution in [0.25, 0.3) is 22.0 Å². The Morgan fingerprint density at radius 1 is 1.19 bits per heavy atom. The maximum atomic E-state index is 12.5. The second-order valence-corrected chi connectivity index (χ2v) is 8.18. The zero-order chi connectivity index (χ0) is 18.6. The van der Waals surface area contributed by atoms with Crippen molar-refractivity contribution in [3.05, 3.63) is 36.7 Å². The van der Waals surface area contributed by atoms with Crippen LogP contribution in [0.15, 0.2) is 36.7 Å². The average Bonchev–Trinajstić information content (AvgIpc) is 3.02. The minimum atomic E-state index is 0.0899. The maximum Gasteiger partial charge on any atom is 0.228 e. The molecular weight excluding hydrogens is 340 g/mol. The van der Waals surface area contributed by atoms with Gasteiger partial charge in [0.05, 0.1) is 6.20 Å². The van der Waals surface area contributed by atoms with E-state index in [4.69, 9.17) is 0 Å². The zero-order valence-corrected chi connectivity index (χ0v) is 15.5. The molecule has 1 aliphatic heterocycles. The number of nitrogens with zero attached hydrogens (tertiary/aromatic N) is 5. The highest BCUT2D eigenvalue weighted by Crippen LogP contribution is 2.51. The molecule has 2 aromatic heterocycles. The number of aromatic nitrogens is 4. The van der Waals surface area contributed by atoms with Crippen LogP contribution in [0.2, 0.25) is 0 Å². The number of rotatable bonds is 3. The Bertz CT molecular complexity index is 1030. The van der Waals surface area contributed by atoms with Crippen molar-refractivity contribution in [2.75, 3.05) is 25.5 Å². The molecule has 5 rings (SSSR count). The summed E-state index contributed by atoms with van der Waals surface area (Å²) in [5.41, 5.74) is 2.22. The van der Waals surface area contributed by atoms with Gasteiger partial charge in [-0.05, 0) is 42.8 Å². The summed E-state index contributed by atoms with van der Waals surface area (Å²) in [5.74, 6) is 0.810. The van der Waals surface area contributed by atoms with E-state index in [1.165, 1.54) is 0 Å². The molecule has 1 aromatic carbocycles. The van der Waals surface area contributed by atoms with Gasteiger partial charge in [0.1, 0.15) is 11.5 Å². The van der Waals surface area contributed by atoms with E-state index in [0.29, 0.717) is 11.2 Å². The number of pyridine rings is 1. The smallest absolute Gasteiger partial charge is 0.228 e. The first-order chi connectivity index (χ1) is 13.0. The highest BCUT2D eigenvalue weighted by molar-refractivity contribution is 5.95. The molecule has 27 heavy (non-hydrogen) atoms. The Kier molecular flexibility index (Phi) is 3.55. The van der Waals surface area contributed by atoms with E-state index in [1.807, 2.05) is 31.4 Å². The largest absolute Gasteiger partial charge is 0.310 e. The molecule has 1 aliphatic carbocycles. The number of hydrogen-bond acceptors (Lipinski definition) is 5. The Hall–Kier alpha value is -2.80. The van der Waals surface area contributed by atoms with Crippen molar-refractivity contribution in [3.63, 3.8) is 0 Å². The van der Waals surface area contributed by atoms with Crippen LogP contribution in [0.1, 0.15) is 12.8 Å². The first kappa shape index (κ1) is 16.4. The summed E-state index contributed by atoms with van der Waals surface area (Å²) in [6.07, 6.45) is 5.67. The first-order valence-electron chi connectivity index (χ1n) is 9.26. The molecule has 3 aromatic rings. The molecule has 1 amide bonds. The van der Waals surface area contributed by atoms with Crippen LogP contribution in [-0.4, -0.2) is 50.9 Å². The van der Waals surface area contributed by atoms with Crippen LogP contribution in [0.4, 0.5) is 5.82 Å². The summed E-state index contributed by atoms with van der Waals surface area (Å²) in [5, 5.41) is 13.2. The molecule has 1 saturated carbocycles. The average molecular weight is 362 g/mol. The number of hydrogen-bond donors (Lipinski definition) is 1. The van der Waals surface area contributed by atoms with Gasteiger partial charge in [-0.25, -0.2) is 4.98 Å². The monoisotopic (exact) mass is 362 g/mol. The number of nitrogens with one attached hydrogen (secondary N) is 1. The van der Waals surface area contributed by atoms with Gasteiger partial charge in [0.25, 0.3) is 0 Å². The van der Waals surface area contributed by atoms with Gasteiger partial charge in [-0.15, -0.1) is 5.10 Å². The van der Waals surface area contributed by atoms with E-state index in [-0.39, 0.29) is 11.8 Å². The van der Waals surface area contributed by atoms with E-state index in [1.54, 1.807) is 10.9 Å². The van der Waals surface area contributed by atoms with Gasteiger partial charge in [-0.2, -0.15) is 0 Å². The molecule has 2 fully saturated rings. The second-order valence-electron chi connectivity index (χ2n) is 8.18. The molecule has 3 heterocycles. The summed E-state index contributed by atoms with van der Waals surface area (Å²) in [4.78, 5) is 19.3. The van der Waals surface area contributed by atoms with Crippen LogP contribution in [0.3, 0.4) is 0 Å². The van der Waals surface area contributed by atoms with E-state index in [0.717, 1.165) is 48.0 Å². The third-order valence-electron chi connectivity index (χ3n) is 5.81. The van der Waals surface area contributed by atoms with Crippen molar-refractivity contribution < 1.29 is 4.79 Å². The summed E-state index contributed by atoms with van der Waals surface area (Å²) >= 11 is 0. The number of amides is 1. The third kappa shape index (κ3) is 2.88. The van der Waals surface area contributed by atoms with Crippen molar-refractivity contribution in [2.24, 2.45) is 18.4 Å². The second kappa shape index (κ2) is 5.85. The number of fused-ring (bicyclic) bond motifs is 1. The van der Waals surface area contributed by atoms with E-state index < -0.39 is 0 Å². The van der Waals surface area contributed by atoms with Gasteiger partial charge in [-0.1, -0.05) is 17.3 Å². The predicted molar refractivity (Wildman–Crippen MR) is 103 cm³/mol. The SMILES string of the molecule is CN1CC2(CC(C(=O)Nc3cc4cc(-c5cn(C)nn5)ccc4cn3)C2)C1. The molecule has 0 atom stereocenters. The predicted octanol–water partition coefficient (Wildman–Crippen LogP) is 2.31. The number of carbonyl (C=O) groups is 1. The summed E-state index contributed by atoms with van der Waals surface area (Å²) in [6.45, 7) is 2.24. The lowest BCUT2D eigenvalue weighted by molar-refractivity contribution is -0.137. The molecule has 7 nitrogen and oxygen atoms in total. The fourth-order valence-electron chi connectivity index (χ4n) is 4.60. The van der Waals surface area contributed by atoms with Gasteiger partial charge >= 0.3 is 0 Å². The van der Waals surface area contributed by atoms with Crippen molar-refractivity contribution in [1.82, 2.24) is 24.9 Å². The Morgan fingerprint density at radius 3 is 2.70 bits per heavy atom. The molecule has 138 valence electrons. The number of anilines is 1. The van der Waals surface area contributed by atoms with Crippen molar-refractivity contribution in [3.8, 4) is 11.3 Å². The van der Waals surface area contributed by atoms with Crippen LogP contribution in [0.5, 0.6) is 0 Å². The normalized spacial score (nSPS) is 19.0. The highest BCUT2D eigenvalue weighted by atomic mass is 16.2. The minimum Gasteiger partial charge on any atom is -0.310 e. The molecule has 0 unspecified atom stereocenters. The quantitative estimate of drug-likeness (QED) is 0.774. The molecule has 1 spiro atoms. The van der Waals surface area contributed by atoms with E-state index >= 15 is 0 Å². The van der Waals surface area contributed by atoms with E-state index in [2.05, 4.69) is 38.6 Å². The fraction of sp³-hybridized carbons (Fsp3) is 0.400. The summed E-state index contributed by atoms with van der Waals surface area (Å²) in [6, 6.07) is 8.01. The Balaban J connectivity index is 1.32. The van der Waals surface area contributed by atoms with Crippen LogP contribution in [-0.2, 0) is 11.8 Å². The van der Waals surface area contributed by atoms with Crippen molar-refractivity contribution in [2.45, 2.75) is 12.8 Å². The lowest BCUT2D eigenvalue weighted by Gasteiger charge is -2.57. The van der Waals surface area contributed by atoms with Crippen LogP contribution in [0, 0.1) is 11.3 Å². The topological polar surface area (TPSA) is 75.9 Å². The summed E-state index contributed by atoms with van der Waals surface area (Å²) in [7, 11) is 3.98. The van der Waals surface area contributed by atoms with Crippen molar-refractivity contribution >= 4 is 22.5 Å². The molecule has 1 saturated heterocycles.